The molecule has 0 aliphatic carbocycles. The Kier molecular flexibility index (Phi) is 3.44. The monoisotopic (exact) mass is 241 g/mol. The van der Waals surface area contributed by atoms with Crippen LogP contribution in [0.25, 0.3) is 0 Å². The summed E-state index contributed by atoms with van der Waals surface area (Å²) in [5.41, 5.74) is 0.823. The zero-order valence-electron chi connectivity index (χ0n) is 8.83. The van der Waals surface area contributed by atoms with Crippen LogP contribution in [0.5, 0.6) is 0 Å². The van der Waals surface area contributed by atoms with Gasteiger partial charge in [-0.1, -0.05) is 12.1 Å². The molecule has 0 spiro atoms. The largest absolute Gasteiger partial charge is 0.338 e. The second-order valence-corrected chi connectivity index (χ2v) is 4.44. The van der Waals surface area contributed by atoms with Crippen LogP contribution in [0.4, 0.5) is 4.39 Å². The lowest BCUT2D eigenvalue weighted by Gasteiger charge is -2.16. The first-order valence-corrected chi connectivity index (χ1v) is 5.80. The summed E-state index contributed by atoms with van der Waals surface area (Å²) in [6.45, 7) is 1.16. The maximum atomic E-state index is 13.0. The molecule has 1 amide bonds. The van der Waals surface area contributed by atoms with Gasteiger partial charge in [0, 0.05) is 25.4 Å². The van der Waals surface area contributed by atoms with Gasteiger partial charge in [-0.15, -0.1) is 11.6 Å². The van der Waals surface area contributed by atoms with E-state index in [1.165, 1.54) is 12.1 Å². The summed E-state index contributed by atoms with van der Waals surface area (Å²) in [5.74, 6) is 0.585. The van der Waals surface area contributed by atoms with Crippen molar-refractivity contribution in [3.05, 3.63) is 35.6 Å². The van der Waals surface area contributed by atoms with Crippen LogP contribution in [0.15, 0.2) is 24.3 Å². The Hall–Kier alpha value is -1.09. The maximum absolute atomic E-state index is 13.0. The first kappa shape index (κ1) is 11.4. The summed E-state index contributed by atoms with van der Waals surface area (Å²) >= 11 is 5.73. The van der Waals surface area contributed by atoms with Gasteiger partial charge in [-0.3, -0.25) is 4.79 Å². The van der Waals surface area contributed by atoms with Crippen molar-refractivity contribution in [2.45, 2.75) is 13.0 Å². The Morgan fingerprint density at radius 3 is 2.94 bits per heavy atom. The molecule has 1 heterocycles. The molecular weight excluding hydrogens is 229 g/mol. The molecular formula is C12H13ClFNO. The summed E-state index contributed by atoms with van der Waals surface area (Å²) in [7, 11) is 0. The Morgan fingerprint density at radius 2 is 2.31 bits per heavy atom. The fourth-order valence-corrected chi connectivity index (χ4v) is 2.17. The van der Waals surface area contributed by atoms with Crippen LogP contribution in [0, 0.1) is 11.7 Å². The van der Waals surface area contributed by atoms with E-state index in [4.69, 9.17) is 11.6 Å². The molecule has 0 bridgehead atoms. The number of likely N-dealkylation sites (tertiary alicyclic amines) is 1. The smallest absolute Gasteiger partial charge is 0.223 e. The molecule has 2 rings (SSSR count). The van der Waals surface area contributed by atoms with Gasteiger partial charge in [0.2, 0.25) is 5.91 Å². The summed E-state index contributed by atoms with van der Waals surface area (Å²) in [4.78, 5) is 13.3. The second kappa shape index (κ2) is 4.83. The van der Waals surface area contributed by atoms with E-state index in [2.05, 4.69) is 0 Å². The van der Waals surface area contributed by atoms with Crippen LogP contribution >= 0.6 is 11.6 Å². The third-order valence-electron chi connectivity index (χ3n) is 2.78. The molecule has 4 heteroatoms. The van der Waals surface area contributed by atoms with E-state index in [1.54, 1.807) is 11.0 Å². The minimum atomic E-state index is -0.266. The van der Waals surface area contributed by atoms with Crippen LogP contribution in [0.2, 0.25) is 0 Å². The Labute approximate surface area is 99.0 Å². The summed E-state index contributed by atoms with van der Waals surface area (Å²) in [5, 5.41) is 0. The van der Waals surface area contributed by atoms with E-state index >= 15 is 0 Å². The van der Waals surface area contributed by atoms with Crippen molar-refractivity contribution in [1.82, 2.24) is 4.90 Å². The number of hydrogen-bond donors (Lipinski definition) is 0. The molecule has 1 unspecified atom stereocenters. The zero-order valence-corrected chi connectivity index (χ0v) is 9.58. The third-order valence-corrected chi connectivity index (χ3v) is 3.21. The highest BCUT2D eigenvalue weighted by molar-refractivity contribution is 6.18. The summed E-state index contributed by atoms with van der Waals surface area (Å²) in [6.07, 6.45) is 0.513. The predicted molar refractivity (Wildman–Crippen MR) is 60.6 cm³/mol. The number of rotatable bonds is 3. The maximum Gasteiger partial charge on any atom is 0.223 e. The van der Waals surface area contributed by atoms with Gasteiger partial charge in [-0.05, 0) is 23.6 Å². The van der Waals surface area contributed by atoms with E-state index in [-0.39, 0.29) is 17.6 Å². The first-order valence-electron chi connectivity index (χ1n) is 5.27. The van der Waals surface area contributed by atoms with Crippen molar-refractivity contribution < 1.29 is 9.18 Å². The van der Waals surface area contributed by atoms with Crippen LogP contribution in [-0.4, -0.2) is 23.2 Å². The average molecular weight is 242 g/mol. The fraction of sp³-hybridized carbons (Fsp3) is 0.417. The van der Waals surface area contributed by atoms with Gasteiger partial charge in [0.1, 0.15) is 5.82 Å². The summed E-state index contributed by atoms with van der Waals surface area (Å²) < 4.78 is 13.0. The topological polar surface area (TPSA) is 20.3 Å². The van der Waals surface area contributed by atoms with Crippen molar-refractivity contribution >= 4 is 17.5 Å². The van der Waals surface area contributed by atoms with E-state index < -0.39 is 0 Å². The number of carbonyl (C=O) groups is 1. The lowest BCUT2D eigenvalue weighted by molar-refractivity contribution is -0.128. The highest BCUT2D eigenvalue weighted by atomic mass is 35.5. The van der Waals surface area contributed by atoms with E-state index in [1.807, 2.05) is 6.07 Å². The molecule has 2 nitrogen and oxygen atoms in total. The molecule has 86 valence electrons. The van der Waals surface area contributed by atoms with Gasteiger partial charge in [0.05, 0.1) is 0 Å². The lowest BCUT2D eigenvalue weighted by Crippen LogP contribution is -2.24. The van der Waals surface area contributed by atoms with Crippen molar-refractivity contribution in [2.75, 3.05) is 12.4 Å². The van der Waals surface area contributed by atoms with Crippen LogP contribution in [-0.2, 0) is 11.3 Å². The number of amides is 1. The Morgan fingerprint density at radius 1 is 1.50 bits per heavy atom. The normalized spacial score (nSPS) is 20.5. The molecule has 0 saturated carbocycles. The van der Waals surface area contributed by atoms with Gasteiger partial charge in [-0.25, -0.2) is 4.39 Å². The molecule has 1 aromatic rings. The molecule has 0 radical (unpaired) electrons. The minimum absolute atomic E-state index is 0.106. The molecule has 1 aliphatic rings. The third kappa shape index (κ3) is 2.53. The van der Waals surface area contributed by atoms with Gasteiger partial charge in [0.15, 0.2) is 0 Å². The highest BCUT2D eigenvalue weighted by Crippen LogP contribution is 2.21. The minimum Gasteiger partial charge on any atom is -0.338 e. The molecule has 0 N–H and O–H groups in total. The number of alkyl halides is 1. The number of hydrogen-bond acceptors (Lipinski definition) is 1. The van der Waals surface area contributed by atoms with E-state index in [0.717, 1.165) is 5.56 Å². The fourth-order valence-electron chi connectivity index (χ4n) is 1.97. The molecule has 1 fully saturated rings. The van der Waals surface area contributed by atoms with Crippen molar-refractivity contribution in [3.63, 3.8) is 0 Å². The quantitative estimate of drug-likeness (QED) is 0.745. The number of halogens is 2. The van der Waals surface area contributed by atoms with Gasteiger partial charge in [0.25, 0.3) is 0 Å². The van der Waals surface area contributed by atoms with E-state index in [0.29, 0.717) is 25.4 Å². The van der Waals surface area contributed by atoms with Crippen LogP contribution < -0.4 is 0 Å². The first-order chi connectivity index (χ1) is 7.69. The predicted octanol–water partition coefficient (Wildman–Crippen LogP) is 2.41. The molecule has 1 aromatic carbocycles. The van der Waals surface area contributed by atoms with Gasteiger partial charge >= 0.3 is 0 Å². The zero-order chi connectivity index (χ0) is 11.5. The molecule has 16 heavy (non-hydrogen) atoms. The molecule has 0 aromatic heterocycles. The SMILES string of the molecule is O=C1CC(CCl)CN1Cc1cccc(F)c1. The van der Waals surface area contributed by atoms with Gasteiger partial charge in [-0.2, -0.15) is 0 Å². The Balaban J connectivity index is 2.03. The summed E-state index contributed by atoms with van der Waals surface area (Å²) in [6, 6.07) is 6.34. The number of nitrogens with zero attached hydrogens (tertiary/aromatic N) is 1. The second-order valence-electron chi connectivity index (χ2n) is 4.13. The molecule has 1 saturated heterocycles. The van der Waals surface area contributed by atoms with Crippen LogP contribution in [0.1, 0.15) is 12.0 Å². The average Bonchev–Trinajstić information content (AvgIpc) is 2.60. The van der Waals surface area contributed by atoms with Crippen molar-refractivity contribution in [2.24, 2.45) is 5.92 Å². The number of benzene rings is 1. The van der Waals surface area contributed by atoms with Crippen molar-refractivity contribution in [1.29, 1.82) is 0 Å². The Bertz CT molecular complexity index is 396. The van der Waals surface area contributed by atoms with E-state index in [9.17, 15) is 9.18 Å². The van der Waals surface area contributed by atoms with Crippen LogP contribution in [0.3, 0.4) is 0 Å². The molecule has 1 aliphatic heterocycles. The van der Waals surface area contributed by atoms with Gasteiger partial charge < -0.3 is 4.90 Å². The molecule has 1 atom stereocenters. The number of carbonyl (C=O) groups excluding carboxylic acids is 1. The standard InChI is InChI=1S/C12H13ClFNO/c13-6-10-5-12(16)15(8-10)7-9-2-1-3-11(14)4-9/h1-4,10H,5-8H2. The lowest BCUT2D eigenvalue weighted by atomic mass is 10.1. The highest BCUT2D eigenvalue weighted by Gasteiger charge is 2.28. The van der Waals surface area contributed by atoms with Crippen molar-refractivity contribution in [3.8, 4) is 0 Å².